The van der Waals surface area contributed by atoms with Crippen LogP contribution in [0.5, 0.6) is 0 Å². The van der Waals surface area contributed by atoms with E-state index in [-0.39, 0.29) is 21.9 Å². The maximum Gasteiger partial charge on any atom is 0.254 e. The second kappa shape index (κ2) is 6.26. The molecular formula is C16H16ClNO3S2. The van der Waals surface area contributed by atoms with Crippen molar-refractivity contribution in [1.82, 2.24) is 4.90 Å². The molecule has 1 fully saturated rings. The largest absolute Gasteiger partial charge is 0.331 e. The van der Waals surface area contributed by atoms with Gasteiger partial charge >= 0.3 is 0 Å². The average Bonchev–Trinajstić information content (AvgIpc) is 3.20. The molecule has 1 heterocycles. The van der Waals surface area contributed by atoms with E-state index >= 15 is 0 Å². The van der Waals surface area contributed by atoms with E-state index in [1.807, 2.05) is 22.4 Å². The normalized spacial score (nSPS) is 14.7. The third-order valence-electron chi connectivity index (χ3n) is 3.73. The highest BCUT2D eigenvalue weighted by atomic mass is 35.5. The molecule has 23 heavy (non-hydrogen) atoms. The summed E-state index contributed by atoms with van der Waals surface area (Å²) in [5.41, 5.74) is 0.360. The smallest absolute Gasteiger partial charge is 0.254 e. The Bertz CT molecular complexity index is 827. The third-order valence-corrected chi connectivity index (χ3v) is 6.17. The van der Waals surface area contributed by atoms with Crippen LogP contribution in [0.4, 0.5) is 0 Å². The van der Waals surface area contributed by atoms with Gasteiger partial charge in [0.1, 0.15) is 0 Å². The first-order valence-corrected chi connectivity index (χ1v) is 10.3. The van der Waals surface area contributed by atoms with Crippen molar-refractivity contribution in [1.29, 1.82) is 0 Å². The van der Waals surface area contributed by atoms with Crippen LogP contribution in [0.15, 0.2) is 40.6 Å². The molecule has 0 atom stereocenters. The first-order chi connectivity index (χ1) is 10.9. The average molecular weight is 370 g/mol. The van der Waals surface area contributed by atoms with Crippen molar-refractivity contribution in [2.45, 2.75) is 30.3 Å². The first-order valence-electron chi connectivity index (χ1n) is 7.19. The molecule has 0 spiro atoms. The van der Waals surface area contributed by atoms with Crippen LogP contribution >= 0.6 is 22.9 Å². The van der Waals surface area contributed by atoms with Gasteiger partial charge in [0, 0.05) is 22.7 Å². The number of hydrogen-bond acceptors (Lipinski definition) is 4. The highest BCUT2D eigenvalue weighted by Crippen LogP contribution is 2.31. The Hall–Kier alpha value is -1.37. The van der Waals surface area contributed by atoms with Gasteiger partial charge in [-0.3, -0.25) is 4.79 Å². The molecule has 1 amide bonds. The Morgan fingerprint density at radius 3 is 2.65 bits per heavy atom. The summed E-state index contributed by atoms with van der Waals surface area (Å²) in [6, 6.07) is 8.63. The van der Waals surface area contributed by atoms with Crippen molar-refractivity contribution in [2.75, 3.05) is 6.26 Å². The summed E-state index contributed by atoms with van der Waals surface area (Å²) in [7, 11) is -3.47. The summed E-state index contributed by atoms with van der Waals surface area (Å²) in [4.78, 5) is 15.8. The zero-order chi connectivity index (χ0) is 16.6. The zero-order valence-electron chi connectivity index (χ0n) is 12.5. The van der Waals surface area contributed by atoms with E-state index in [1.54, 1.807) is 17.4 Å². The van der Waals surface area contributed by atoms with Gasteiger partial charge in [0.2, 0.25) is 0 Å². The molecule has 0 N–H and O–H groups in total. The SMILES string of the molecule is CS(=O)(=O)c1cc(C(=O)N(Cc2cccs2)C2CC2)ccc1Cl. The number of rotatable bonds is 5. The number of hydrogen-bond donors (Lipinski definition) is 0. The minimum absolute atomic E-state index is 0.00288. The summed E-state index contributed by atoms with van der Waals surface area (Å²) < 4.78 is 23.6. The van der Waals surface area contributed by atoms with Crippen LogP contribution in [0.25, 0.3) is 0 Å². The van der Waals surface area contributed by atoms with Gasteiger partial charge in [0.05, 0.1) is 16.5 Å². The van der Waals surface area contributed by atoms with Gasteiger partial charge in [-0.05, 0) is 42.5 Å². The number of carbonyl (C=O) groups excluding carboxylic acids is 1. The molecule has 1 aromatic heterocycles. The monoisotopic (exact) mass is 369 g/mol. The van der Waals surface area contributed by atoms with E-state index in [0.29, 0.717) is 12.1 Å². The van der Waals surface area contributed by atoms with Crippen LogP contribution in [-0.4, -0.2) is 31.5 Å². The van der Waals surface area contributed by atoms with Gasteiger partial charge in [0.15, 0.2) is 9.84 Å². The molecule has 1 aliphatic rings. The molecule has 0 aliphatic heterocycles. The topological polar surface area (TPSA) is 54.5 Å². The third kappa shape index (κ3) is 3.76. The van der Waals surface area contributed by atoms with E-state index in [2.05, 4.69) is 0 Å². The summed E-state index contributed by atoms with van der Waals surface area (Å²) in [5.74, 6) is -0.150. The molecule has 122 valence electrons. The molecule has 7 heteroatoms. The van der Waals surface area contributed by atoms with Crippen LogP contribution in [-0.2, 0) is 16.4 Å². The molecule has 1 aromatic carbocycles. The number of benzene rings is 1. The molecular weight excluding hydrogens is 354 g/mol. The predicted molar refractivity (Wildman–Crippen MR) is 91.8 cm³/mol. The lowest BCUT2D eigenvalue weighted by Crippen LogP contribution is -2.32. The molecule has 0 radical (unpaired) electrons. The van der Waals surface area contributed by atoms with E-state index in [4.69, 9.17) is 11.6 Å². The van der Waals surface area contributed by atoms with Crippen LogP contribution < -0.4 is 0 Å². The maximum atomic E-state index is 12.8. The number of halogens is 1. The molecule has 0 saturated heterocycles. The number of sulfone groups is 1. The lowest BCUT2D eigenvalue weighted by atomic mass is 10.2. The van der Waals surface area contributed by atoms with Crippen molar-refractivity contribution in [2.24, 2.45) is 0 Å². The van der Waals surface area contributed by atoms with Crippen molar-refractivity contribution < 1.29 is 13.2 Å². The second-order valence-electron chi connectivity index (χ2n) is 5.66. The summed E-state index contributed by atoms with van der Waals surface area (Å²) in [6.45, 7) is 0.554. The lowest BCUT2D eigenvalue weighted by molar-refractivity contribution is 0.0731. The molecule has 3 rings (SSSR count). The van der Waals surface area contributed by atoms with Crippen LogP contribution in [0, 0.1) is 0 Å². The standard InChI is InChI=1S/C16H16ClNO3S2/c1-23(20,21)15-9-11(4-7-14(15)17)16(19)18(12-5-6-12)10-13-3-2-8-22-13/h2-4,7-9,12H,5-6,10H2,1H3. The first kappa shape index (κ1) is 16.5. The van der Waals surface area contributed by atoms with Crippen molar-refractivity contribution in [3.63, 3.8) is 0 Å². The zero-order valence-corrected chi connectivity index (χ0v) is 14.9. The summed E-state index contributed by atoms with van der Waals surface area (Å²) in [6.07, 6.45) is 3.07. The molecule has 1 saturated carbocycles. The number of amides is 1. The Labute approximate surface area is 144 Å². The van der Waals surface area contributed by atoms with E-state index < -0.39 is 9.84 Å². The Kier molecular flexibility index (Phi) is 4.49. The van der Waals surface area contributed by atoms with Crippen LogP contribution in [0.3, 0.4) is 0 Å². The fourth-order valence-electron chi connectivity index (χ4n) is 2.41. The Morgan fingerprint density at radius 1 is 1.35 bits per heavy atom. The van der Waals surface area contributed by atoms with Gasteiger partial charge in [-0.25, -0.2) is 8.42 Å². The van der Waals surface area contributed by atoms with E-state index in [1.165, 1.54) is 12.1 Å². The van der Waals surface area contributed by atoms with Crippen LogP contribution in [0.1, 0.15) is 28.1 Å². The fraction of sp³-hybridized carbons (Fsp3) is 0.312. The molecule has 0 unspecified atom stereocenters. The van der Waals surface area contributed by atoms with Gasteiger partial charge in [0.25, 0.3) is 5.91 Å². The number of carbonyl (C=O) groups is 1. The quantitative estimate of drug-likeness (QED) is 0.809. The highest BCUT2D eigenvalue weighted by Gasteiger charge is 2.33. The van der Waals surface area contributed by atoms with Crippen LogP contribution in [0.2, 0.25) is 5.02 Å². The minimum atomic E-state index is -3.47. The number of thiophene rings is 1. The van der Waals surface area contributed by atoms with Gasteiger partial charge in [-0.15, -0.1) is 11.3 Å². The molecule has 0 bridgehead atoms. The Balaban J connectivity index is 1.91. The molecule has 2 aromatic rings. The highest BCUT2D eigenvalue weighted by molar-refractivity contribution is 7.90. The van der Waals surface area contributed by atoms with Crippen molar-refractivity contribution >= 4 is 38.7 Å². The van der Waals surface area contributed by atoms with Gasteiger partial charge in [-0.2, -0.15) is 0 Å². The fourth-order valence-corrected chi connectivity index (χ4v) is 4.41. The molecule has 1 aliphatic carbocycles. The summed E-state index contributed by atoms with van der Waals surface area (Å²) in [5, 5.41) is 2.12. The minimum Gasteiger partial charge on any atom is -0.331 e. The lowest BCUT2D eigenvalue weighted by Gasteiger charge is -2.22. The second-order valence-corrected chi connectivity index (χ2v) is 9.08. The van der Waals surface area contributed by atoms with E-state index in [0.717, 1.165) is 24.0 Å². The van der Waals surface area contributed by atoms with Crippen molar-refractivity contribution in [3.8, 4) is 0 Å². The predicted octanol–water partition coefficient (Wildman–Crippen LogP) is 3.61. The van der Waals surface area contributed by atoms with Crippen molar-refractivity contribution in [3.05, 3.63) is 51.2 Å². The summed E-state index contributed by atoms with van der Waals surface area (Å²) >= 11 is 7.56. The van der Waals surface area contributed by atoms with Gasteiger partial charge in [-0.1, -0.05) is 17.7 Å². The van der Waals surface area contributed by atoms with E-state index in [9.17, 15) is 13.2 Å². The number of nitrogens with zero attached hydrogens (tertiary/aromatic N) is 1. The van der Waals surface area contributed by atoms with Gasteiger partial charge < -0.3 is 4.90 Å². The Morgan fingerprint density at radius 2 is 2.09 bits per heavy atom. The molecule has 4 nitrogen and oxygen atoms in total. The maximum absolute atomic E-state index is 12.8.